The van der Waals surface area contributed by atoms with Crippen molar-refractivity contribution < 1.29 is 27.1 Å². The number of rotatable bonds is 2. The van der Waals surface area contributed by atoms with Crippen LogP contribution in [0.5, 0.6) is 0 Å². The van der Waals surface area contributed by atoms with Crippen molar-refractivity contribution in [2.75, 3.05) is 6.61 Å². The lowest BCUT2D eigenvalue weighted by Crippen LogP contribution is -2.14. The van der Waals surface area contributed by atoms with E-state index in [1.807, 2.05) is 0 Å². The average molecular weight is 236 g/mol. The molecule has 1 aromatic rings. The van der Waals surface area contributed by atoms with Crippen LogP contribution >= 0.6 is 0 Å². The molecule has 6 heteroatoms. The summed E-state index contributed by atoms with van der Waals surface area (Å²) in [6, 6.07) is 2.47. The molecule has 0 aliphatic carbocycles. The molecule has 1 aromatic carbocycles. The highest BCUT2D eigenvalue weighted by Crippen LogP contribution is 2.32. The molecule has 0 amide bonds. The minimum atomic E-state index is -4.83. The molecule has 0 aliphatic heterocycles. The molecule has 0 spiro atoms. The monoisotopic (exact) mass is 236 g/mol. The van der Waals surface area contributed by atoms with Crippen molar-refractivity contribution in [2.45, 2.75) is 13.1 Å². The van der Waals surface area contributed by atoms with Crippen LogP contribution in [-0.4, -0.2) is 12.6 Å². The minimum Gasteiger partial charge on any atom is -0.462 e. The molecule has 0 aliphatic rings. The van der Waals surface area contributed by atoms with Gasteiger partial charge in [0.25, 0.3) is 0 Å². The molecule has 2 nitrogen and oxygen atoms in total. The first-order valence-corrected chi connectivity index (χ1v) is 4.40. The van der Waals surface area contributed by atoms with E-state index in [-0.39, 0.29) is 6.61 Å². The molecule has 0 N–H and O–H groups in total. The molecule has 16 heavy (non-hydrogen) atoms. The molecule has 0 fully saturated rings. The van der Waals surface area contributed by atoms with Crippen molar-refractivity contribution in [1.29, 1.82) is 0 Å². The largest absolute Gasteiger partial charge is 0.462 e. The highest BCUT2D eigenvalue weighted by molar-refractivity contribution is 5.90. The summed E-state index contributed by atoms with van der Waals surface area (Å²) in [6.45, 7) is 1.44. The van der Waals surface area contributed by atoms with Crippen molar-refractivity contribution in [3.05, 3.63) is 35.1 Å². The lowest BCUT2D eigenvalue weighted by Gasteiger charge is -2.10. The lowest BCUT2D eigenvalue weighted by molar-refractivity contribution is -0.140. The number of hydrogen-bond acceptors (Lipinski definition) is 2. The molecule has 0 radical (unpaired) electrons. The third-order valence-electron chi connectivity index (χ3n) is 1.80. The number of halogens is 4. The number of esters is 1. The standard InChI is InChI=1S/C10H8F4O2/c1-2-16-9(15)6-4-3-5-7(8(6)11)10(12,13)14/h3-5H,2H2,1H3. The van der Waals surface area contributed by atoms with E-state index in [4.69, 9.17) is 0 Å². The maximum Gasteiger partial charge on any atom is 0.419 e. The molecule has 88 valence electrons. The normalized spacial score (nSPS) is 11.3. The Kier molecular flexibility index (Phi) is 3.51. The third kappa shape index (κ3) is 2.50. The zero-order valence-corrected chi connectivity index (χ0v) is 8.27. The molecule has 0 bridgehead atoms. The first-order valence-electron chi connectivity index (χ1n) is 4.40. The Labute approximate surface area is 88.8 Å². The summed E-state index contributed by atoms with van der Waals surface area (Å²) in [5, 5.41) is 0. The SMILES string of the molecule is CCOC(=O)c1cccc(C(F)(F)F)c1F. The summed E-state index contributed by atoms with van der Waals surface area (Å²) in [4.78, 5) is 11.1. The summed E-state index contributed by atoms with van der Waals surface area (Å²) < 4.78 is 54.6. The molecule has 0 atom stereocenters. The quantitative estimate of drug-likeness (QED) is 0.582. The van der Waals surface area contributed by atoms with E-state index in [9.17, 15) is 22.4 Å². The van der Waals surface area contributed by atoms with Gasteiger partial charge in [0, 0.05) is 0 Å². The van der Waals surface area contributed by atoms with Gasteiger partial charge in [0.15, 0.2) is 0 Å². The second-order valence-electron chi connectivity index (χ2n) is 2.89. The Morgan fingerprint density at radius 1 is 1.38 bits per heavy atom. The van der Waals surface area contributed by atoms with Crippen LogP contribution in [0.4, 0.5) is 17.6 Å². The Balaban J connectivity index is 3.19. The topological polar surface area (TPSA) is 26.3 Å². The predicted octanol–water partition coefficient (Wildman–Crippen LogP) is 3.02. The number of ether oxygens (including phenoxy) is 1. The van der Waals surface area contributed by atoms with Gasteiger partial charge in [0.1, 0.15) is 5.82 Å². The van der Waals surface area contributed by atoms with Crippen molar-refractivity contribution in [2.24, 2.45) is 0 Å². The van der Waals surface area contributed by atoms with Crippen molar-refractivity contribution in [3.63, 3.8) is 0 Å². The summed E-state index contributed by atoms with van der Waals surface area (Å²) >= 11 is 0. The fourth-order valence-electron chi connectivity index (χ4n) is 1.12. The summed E-state index contributed by atoms with van der Waals surface area (Å²) in [5.41, 5.74) is -2.19. The molecule has 0 heterocycles. The van der Waals surface area contributed by atoms with E-state index in [1.165, 1.54) is 6.92 Å². The average Bonchev–Trinajstić information content (AvgIpc) is 2.16. The molecular weight excluding hydrogens is 228 g/mol. The summed E-state index contributed by atoms with van der Waals surface area (Å²) in [5.74, 6) is -2.71. The Bertz CT molecular complexity index is 398. The van der Waals surface area contributed by atoms with Crippen LogP contribution in [0.25, 0.3) is 0 Å². The van der Waals surface area contributed by atoms with Crippen LogP contribution in [0.3, 0.4) is 0 Å². The van der Waals surface area contributed by atoms with Gasteiger partial charge in [0.05, 0.1) is 17.7 Å². The van der Waals surface area contributed by atoms with Gasteiger partial charge in [-0.15, -0.1) is 0 Å². The maximum atomic E-state index is 13.3. The number of alkyl halides is 3. The van der Waals surface area contributed by atoms with Crippen LogP contribution in [0.15, 0.2) is 18.2 Å². The Morgan fingerprint density at radius 3 is 2.50 bits per heavy atom. The highest BCUT2D eigenvalue weighted by atomic mass is 19.4. The van der Waals surface area contributed by atoms with Crippen molar-refractivity contribution in [3.8, 4) is 0 Å². The molecule has 0 unspecified atom stereocenters. The van der Waals surface area contributed by atoms with Crippen LogP contribution in [0.2, 0.25) is 0 Å². The number of hydrogen-bond donors (Lipinski definition) is 0. The second kappa shape index (κ2) is 4.51. The Morgan fingerprint density at radius 2 is 2.00 bits per heavy atom. The van der Waals surface area contributed by atoms with E-state index in [0.29, 0.717) is 6.07 Å². The maximum absolute atomic E-state index is 13.3. The van der Waals surface area contributed by atoms with Crippen molar-refractivity contribution >= 4 is 5.97 Å². The molecule has 1 rings (SSSR count). The molecular formula is C10H8F4O2. The third-order valence-corrected chi connectivity index (χ3v) is 1.80. The Hall–Kier alpha value is -1.59. The van der Waals surface area contributed by atoms with E-state index >= 15 is 0 Å². The number of benzene rings is 1. The van der Waals surface area contributed by atoms with E-state index in [0.717, 1.165) is 12.1 Å². The van der Waals surface area contributed by atoms with Gasteiger partial charge in [-0.25, -0.2) is 9.18 Å². The predicted molar refractivity (Wildman–Crippen MR) is 47.4 cm³/mol. The minimum absolute atomic E-state index is 0.0332. The fourth-order valence-corrected chi connectivity index (χ4v) is 1.12. The van der Waals surface area contributed by atoms with E-state index in [1.54, 1.807) is 0 Å². The molecule has 0 saturated carbocycles. The summed E-state index contributed by atoms with van der Waals surface area (Å²) in [6.07, 6.45) is -4.83. The first kappa shape index (κ1) is 12.5. The van der Waals surface area contributed by atoms with Gasteiger partial charge in [-0.1, -0.05) is 6.07 Å². The van der Waals surface area contributed by atoms with Crippen LogP contribution in [0.1, 0.15) is 22.8 Å². The van der Waals surface area contributed by atoms with Gasteiger partial charge in [-0.3, -0.25) is 0 Å². The zero-order chi connectivity index (χ0) is 12.3. The zero-order valence-electron chi connectivity index (χ0n) is 8.27. The summed E-state index contributed by atoms with van der Waals surface area (Å²) in [7, 11) is 0. The molecule has 0 aromatic heterocycles. The van der Waals surface area contributed by atoms with Gasteiger partial charge >= 0.3 is 12.1 Å². The van der Waals surface area contributed by atoms with Crippen LogP contribution < -0.4 is 0 Å². The van der Waals surface area contributed by atoms with Crippen LogP contribution in [-0.2, 0) is 10.9 Å². The van der Waals surface area contributed by atoms with Gasteiger partial charge in [-0.2, -0.15) is 13.2 Å². The second-order valence-corrected chi connectivity index (χ2v) is 2.89. The van der Waals surface area contributed by atoms with E-state index in [2.05, 4.69) is 4.74 Å². The van der Waals surface area contributed by atoms with Gasteiger partial charge in [-0.05, 0) is 19.1 Å². The molecule has 0 saturated heterocycles. The van der Waals surface area contributed by atoms with Crippen LogP contribution in [0, 0.1) is 5.82 Å². The highest BCUT2D eigenvalue weighted by Gasteiger charge is 2.35. The van der Waals surface area contributed by atoms with Crippen molar-refractivity contribution in [1.82, 2.24) is 0 Å². The van der Waals surface area contributed by atoms with Gasteiger partial charge in [0.2, 0.25) is 0 Å². The van der Waals surface area contributed by atoms with Gasteiger partial charge < -0.3 is 4.74 Å². The first-order chi connectivity index (χ1) is 7.38. The fraction of sp³-hybridized carbons (Fsp3) is 0.300. The number of carbonyl (C=O) groups excluding carboxylic acids is 1. The number of carbonyl (C=O) groups is 1. The van der Waals surface area contributed by atoms with E-state index < -0.39 is 29.1 Å². The smallest absolute Gasteiger partial charge is 0.419 e. The lowest BCUT2D eigenvalue weighted by atomic mass is 10.1.